The van der Waals surface area contributed by atoms with Crippen molar-refractivity contribution in [3.8, 4) is 11.4 Å². The van der Waals surface area contributed by atoms with Crippen LogP contribution in [-0.2, 0) is 0 Å². The lowest BCUT2D eigenvalue weighted by atomic mass is 10.2. The molecule has 0 aliphatic carbocycles. The van der Waals surface area contributed by atoms with E-state index < -0.39 is 0 Å². The fourth-order valence-electron chi connectivity index (χ4n) is 1.75. The first-order valence-electron chi connectivity index (χ1n) is 5.13. The summed E-state index contributed by atoms with van der Waals surface area (Å²) in [4.78, 5) is 7.89. The quantitative estimate of drug-likeness (QED) is 0.673. The largest absolute Gasteiger partial charge is 0.338 e. The average Bonchev–Trinajstić information content (AvgIpc) is 2.72. The van der Waals surface area contributed by atoms with Gasteiger partial charge in [-0.25, -0.2) is 4.98 Å². The Balaban J connectivity index is 2.18. The van der Waals surface area contributed by atoms with E-state index in [2.05, 4.69) is 41.8 Å². The van der Waals surface area contributed by atoms with Crippen LogP contribution in [0.1, 0.15) is 0 Å². The van der Waals surface area contributed by atoms with Gasteiger partial charge in [0, 0.05) is 14.5 Å². The second-order valence-corrected chi connectivity index (χ2v) is 5.59. The molecule has 3 rings (SSSR count). The molecular formula is C13H8Br2N2. The molecule has 0 unspecified atom stereocenters. The summed E-state index contributed by atoms with van der Waals surface area (Å²) in [6, 6.07) is 14.1. The number of nitrogens with one attached hydrogen (secondary N) is 1. The summed E-state index contributed by atoms with van der Waals surface area (Å²) in [6.07, 6.45) is 0. The lowest BCUT2D eigenvalue weighted by Gasteiger charge is -1.96. The summed E-state index contributed by atoms with van der Waals surface area (Å²) in [5.74, 6) is 0.888. The number of imidazole rings is 1. The predicted molar refractivity (Wildman–Crippen MR) is 76.9 cm³/mol. The maximum atomic E-state index is 4.57. The minimum atomic E-state index is 0.888. The molecule has 1 heterocycles. The molecular weight excluding hydrogens is 344 g/mol. The van der Waals surface area contributed by atoms with Crippen LogP contribution in [0.25, 0.3) is 22.4 Å². The highest BCUT2D eigenvalue weighted by Crippen LogP contribution is 2.24. The highest BCUT2D eigenvalue weighted by atomic mass is 79.9. The van der Waals surface area contributed by atoms with Crippen LogP contribution in [0.15, 0.2) is 51.4 Å². The molecule has 1 aromatic heterocycles. The van der Waals surface area contributed by atoms with Gasteiger partial charge in [-0.2, -0.15) is 0 Å². The summed E-state index contributed by atoms with van der Waals surface area (Å²) in [7, 11) is 0. The van der Waals surface area contributed by atoms with E-state index in [1.807, 2.05) is 42.5 Å². The van der Waals surface area contributed by atoms with E-state index >= 15 is 0 Å². The Labute approximate surface area is 115 Å². The van der Waals surface area contributed by atoms with Gasteiger partial charge >= 0.3 is 0 Å². The average molecular weight is 352 g/mol. The van der Waals surface area contributed by atoms with Gasteiger partial charge in [-0.3, -0.25) is 0 Å². The number of fused-ring (bicyclic) bond motifs is 1. The Hall–Kier alpha value is -1.13. The number of benzene rings is 2. The van der Waals surface area contributed by atoms with E-state index in [0.717, 1.165) is 31.4 Å². The zero-order valence-electron chi connectivity index (χ0n) is 8.74. The zero-order valence-corrected chi connectivity index (χ0v) is 11.9. The highest BCUT2D eigenvalue weighted by molar-refractivity contribution is 9.10. The van der Waals surface area contributed by atoms with Gasteiger partial charge in [-0.1, -0.05) is 44.0 Å². The SMILES string of the molecule is Brc1cccc(-c2nc3ccc(Br)cc3[nH]2)c1. The normalized spacial score (nSPS) is 10.9. The summed E-state index contributed by atoms with van der Waals surface area (Å²) >= 11 is 6.92. The van der Waals surface area contributed by atoms with Crippen molar-refractivity contribution in [2.75, 3.05) is 0 Å². The Morgan fingerprint density at radius 2 is 1.76 bits per heavy atom. The molecule has 0 aliphatic rings. The molecule has 0 bridgehead atoms. The first-order valence-corrected chi connectivity index (χ1v) is 6.72. The maximum Gasteiger partial charge on any atom is 0.138 e. The second-order valence-electron chi connectivity index (χ2n) is 3.76. The third-order valence-corrected chi connectivity index (χ3v) is 3.53. The molecule has 0 amide bonds. The van der Waals surface area contributed by atoms with Gasteiger partial charge in [-0.15, -0.1) is 0 Å². The van der Waals surface area contributed by atoms with Gasteiger partial charge in [0.05, 0.1) is 11.0 Å². The van der Waals surface area contributed by atoms with E-state index in [1.165, 1.54) is 0 Å². The molecule has 2 nitrogen and oxygen atoms in total. The van der Waals surface area contributed by atoms with Crippen LogP contribution in [0.4, 0.5) is 0 Å². The molecule has 0 saturated carbocycles. The van der Waals surface area contributed by atoms with Crippen molar-refractivity contribution in [1.29, 1.82) is 0 Å². The van der Waals surface area contributed by atoms with Crippen LogP contribution in [-0.4, -0.2) is 9.97 Å². The molecule has 1 N–H and O–H groups in total. The standard InChI is InChI=1S/C13H8Br2N2/c14-9-3-1-2-8(6-9)13-16-11-5-4-10(15)7-12(11)17-13/h1-7H,(H,16,17). The molecule has 0 atom stereocenters. The van der Waals surface area contributed by atoms with Crippen LogP contribution in [0.3, 0.4) is 0 Å². The molecule has 2 aromatic carbocycles. The lowest BCUT2D eigenvalue weighted by molar-refractivity contribution is 1.33. The van der Waals surface area contributed by atoms with Gasteiger partial charge in [0.2, 0.25) is 0 Å². The van der Waals surface area contributed by atoms with Crippen LogP contribution in [0, 0.1) is 0 Å². The predicted octanol–water partition coefficient (Wildman–Crippen LogP) is 4.75. The van der Waals surface area contributed by atoms with Crippen LogP contribution in [0.5, 0.6) is 0 Å². The van der Waals surface area contributed by atoms with Crippen molar-refractivity contribution in [1.82, 2.24) is 9.97 Å². The van der Waals surface area contributed by atoms with Gasteiger partial charge in [0.15, 0.2) is 0 Å². The van der Waals surface area contributed by atoms with E-state index in [9.17, 15) is 0 Å². The van der Waals surface area contributed by atoms with Crippen molar-refractivity contribution in [2.24, 2.45) is 0 Å². The molecule has 0 spiro atoms. The molecule has 4 heteroatoms. The maximum absolute atomic E-state index is 4.57. The molecule has 0 radical (unpaired) electrons. The minimum Gasteiger partial charge on any atom is -0.338 e. The van der Waals surface area contributed by atoms with Gasteiger partial charge in [0.1, 0.15) is 5.82 Å². The number of halogens is 2. The summed E-state index contributed by atoms with van der Waals surface area (Å²) in [6.45, 7) is 0. The fourth-order valence-corrected chi connectivity index (χ4v) is 2.51. The van der Waals surface area contributed by atoms with Crippen molar-refractivity contribution >= 4 is 42.9 Å². The Morgan fingerprint density at radius 3 is 2.59 bits per heavy atom. The number of H-pyrrole nitrogens is 1. The Bertz CT molecular complexity index is 689. The number of rotatable bonds is 1. The minimum absolute atomic E-state index is 0.888. The number of hydrogen-bond acceptors (Lipinski definition) is 1. The Kier molecular flexibility index (Phi) is 2.76. The molecule has 0 fully saturated rings. The van der Waals surface area contributed by atoms with E-state index in [-0.39, 0.29) is 0 Å². The molecule has 84 valence electrons. The number of hydrogen-bond donors (Lipinski definition) is 1. The highest BCUT2D eigenvalue weighted by Gasteiger charge is 2.05. The van der Waals surface area contributed by atoms with Crippen molar-refractivity contribution < 1.29 is 0 Å². The van der Waals surface area contributed by atoms with Gasteiger partial charge in [0.25, 0.3) is 0 Å². The second kappa shape index (κ2) is 4.27. The van der Waals surface area contributed by atoms with E-state index in [4.69, 9.17) is 0 Å². The summed E-state index contributed by atoms with van der Waals surface area (Å²) < 4.78 is 2.10. The molecule has 17 heavy (non-hydrogen) atoms. The summed E-state index contributed by atoms with van der Waals surface area (Å²) in [5, 5.41) is 0. The fraction of sp³-hybridized carbons (Fsp3) is 0. The zero-order chi connectivity index (χ0) is 11.8. The smallest absolute Gasteiger partial charge is 0.138 e. The van der Waals surface area contributed by atoms with Crippen LogP contribution < -0.4 is 0 Å². The lowest BCUT2D eigenvalue weighted by Crippen LogP contribution is -1.79. The van der Waals surface area contributed by atoms with Gasteiger partial charge < -0.3 is 4.98 Å². The topological polar surface area (TPSA) is 28.7 Å². The number of aromatic amines is 1. The third kappa shape index (κ3) is 2.15. The Morgan fingerprint density at radius 1 is 0.941 bits per heavy atom. The summed E-state index contributed by atoms with van der Waals surface area (Å²) in [5.41, 5.74) is 3.09. The van der Waals surface area contributed by atoms with Crippen LogP contribution >= 0.6 is 31.9 Å². The number of aromatic nitrogens is 2. The first-order chi connectivity index (χ1) is 8.22. The third-order valence-electron chi connectivity index (χ3n) is 2.54. The van der Waals surface area contributed by atoms with Gasteiger partial charge in [-0.05, 0) is 30.3 Å². The van der Waals surface area contributed by atoms with Crippen molar-refractivity contribution in [2.45, 2.75) is 0 Å². The van der Waals surface area contributed by atoms with Crippen molar-refractivity contribution in [3.05, 3.63) is 51.4 Å². The van der Waals surface area contributed by atoms with E-state index in [0.29, 0.717) is 0 Å². The van der Waals surface area contributed by atoms with Crippen LogP contribution in [0.2, 0.25) is 0 Å². The first kappa shape index (κ1) is 11.0. The monoisotopic (exact) mass is 350 g/mol. The molecule has 3 aromatic rings. The van der Waals surface area contributed by atoms with Crippen molar-refractivity contribution in [3.63, 3.8) is 0 Å². The number of nitrogens with zero attached hydrogens (tertiary/aromatic N) is 1. The van der Waals surface area contributed by atoms with E-state index in [1.54, 1.807) is 0 Å². The molecule has 0 saturated heterocycles. The molecule has 0 aliphatic heterocycles.